The van der Waals surface area contributed by atoms with Crippen molar-refractivity contribution in [3.8, 4) is 0 Å². The molecular weight excluding hydrogens is 240 g/mol. The second-order valence-electron chi connectivity index (χ2n) is 4.81. The number of hydrogen-bond acceptors (Lipinski definition) is 4. The van der Waals surface area contributed by atoms with E-state index in [1.807, 2.05) is 28.7 Å². The van der Waals surface area contributed by atoms with Crippen LogP contribution in [0, 0.1) is 0 Å². The van der Waals surface area contributed by atoms with Crippen LogP contribution in [0.1, 0.15) is 0 Å². The fourth-order valence-corrected chi connectivity index (χ4v) is 2.66. The highest BCUT2D eigenvalue weighted by Crippen LogP contribution is 2.22. The molecule has 1 saturated heterocycles. The first kappa shape index (κ1) is 10.7. The minimum Gasteiger partial charge on any atom is -0.343 e. The summed E-state index contributed by atoms with van der Waals surface area (Å²) in [5.41, 5.74) is 1.86. The van der Waals surface area contributed by atoms with Crippen LogP contribution in [-0.2, 0) is 0 Å². The lowest BCUT2D eigenvalue weighted by Gasteiger charge is -2.26. The van der Waals surface area contributed by atoms with E-state index in [0.29, 0.717) is 0 Å². The van der Waals surface area contributed by atoms with Gasteiger partial charge in [-0.2, -0.15) is 0 Å². The summed E-state index contributed by atoms with van der Waals surface area (Å²) in [7, 11) is 0. The zero-order valence-corrected chi connectivity index (χ0v) is 10.5. The summed E-state index contributed by atoms with van der Waals surface area (Å²) in [5.74, 6) is 0.951. The first-order chi connectivity index (χ1) is 9.43. The van der Waals surface area contributed by atoms with E-state index >= 15 is 0 Å². The second kappa shape index (κ2) is 4.17. The lowest BCUT2D eigenvalue weighted by molar-refractivity contribution is -0.655. The molecule has 3 aromatic rings. The largest absolute Gasteiger partial charge is 0.343 e. The number of benzene rings is 1. The van der Waals surface area contributed by atoms with Gasteiger partial charge in [-0.25, -0.2) is 4.98 Å². The van der Waals surface area contributed by atoms with Gasteiger partial charge in [-0.3, -0.25) is 4.40 Å². The summed E-state index contributed by atoms with van der Waals surface area (Å²) in [4.78, 5) is 7.10. The number of nitrogens with zero attached hydrogens (tertiary/aromatic N) is 5. The maximum Gasteiger partial charge on any atom is 0.213 e. The fourth-order valence-electron chi connectivity index (χ4n) is 2.66. The molecule has 0 amide bonds. The number of fused-ring (bicyclic) bond motifs is 3. The normalized spacial score (nSPS) is 16.3. The molecule has 0 radical (unpaired) electrons. The first-order valence-corrected chi connectivity index (χ1v) is 6.58. The number of aromatic nitrogens is 4. The van der Waals surface area contributed by atoms with Crippen molar-refractivity contribution in [3.05, 3.63) is 30.6 Å². The van der Waals surface area contributed by atoms with Gasteiger partial charge in [-0.15, -0.1) is 10.2 Å². The maximum absolute atomic E-state index is 4.79. The van der Waals surface area contributed by atoms with Gasteiger partial charge < -0.3 is 10.2 Å². The molecule has 1 aliphatic heterocycles. The lowest BCUT2D eigenvalue weighted by atomic mass is 10.2. The molecule has 6 nitrogen and oxygen atoms in total. The smallest absolute Gasteiger partial charge is 0.213 e. The zero-order chi connectivity index (χ0) is 12.7. The standard InChI is InChI=1S/C13H14N6/c1-2-4-11-10(3-1)12-17-15-9-19(12)13(16-11)18-7-5-14-6-8-18/h1-4,9,14H,5-8H2/p+1. The van der Waals surface area contributed by atoms with E-state index in [1.165, 1.54) is 0 Å². The van der Waals surface area contributed by atoms with E-state index in [1.54, 1.807) is 6.33 Å². The zero-order valence-electron chi connectivity index (χ0n) is 10.5. The van der Waals surface area contributed by atoms with Gasteiger partial charge in [0, 0.05) is 5.39 Å². The molecule has 0 saturated carbocycles. The molecule has 0 unspecified atom stereocenters. The summed E-state index contributed by atoms with van der Waals surface area (Å²) in [5, 5.41) is 11.7. The number of hydrogen-bond donors (Lipinski definition) is 1. The summed E-state index contributed by atoms with van der Waals surface area (Å²) in [6.45, 7) is 4.24. The van der Waals surface area contributed by atoms with Gasteiger partial charge in [0.05, 0.1) is 31.7 Å². The Balaban J connectivity index is 1.99. The lowest BCUT2D eigenvalue weighted by Crippen LogP contribution is -2.89. The van der Waals surface area contributed by atoms with Crippen molar-refractivity contribution in [2.75, 3.05) is 31.1 Å². The van der Waals surface area contributed by atoms with Crippen LogP contribution < -0.4 is 10.2 Å². The predicted octanol–water partition coefficient (Wildman–Crippen LogP) is -0.339. The van der Waals surface area contributed by atoms with E-state index in [9.17, 15) is 0 Å². The highest BCUT2D eigenvalue weighted by molar-refractivity contribution is 5.92. The number of quaternary nitrogens is 1. The Labute approximate surface area is 110 Å². The van der Waals surface area contributed by atoms with Crippen LogP contribution in [0.15, 0.2) is 30.6 Å². The third kappa shape index (κ3) is 1.64. The van der Waals surface area contributed by atoms with E-state index in [0.717, 1.165) is 48.7 Å². The Kier molecular flexibility index (Phi) is 2.34. The SMILES string of the molecule is c1ccc2c(c1)nc(N1CC[NH2+]CC1)n1cnnc21. The van der Waals surface area contributed by atoms with Crippen LogP contribution in [-0.4, -0.2) is 45.8 Å². The molecule has 4 rings (SSSR count). The third-order valence-corrected chi connectivity index (χ3v) is 3.62. The van der Waals surface area contributed by atoms with Crippen LogP contribution in [0.5, 0.6) is 0 Å². The minimum atomic E-state index is 0.884. The number of nitrogens with two attached hydrogens (primary N) is 1. The van der Waals surface area contributed by atoms with Gasteiger partial charge in [0.2, 0.25) is 5.95 Å². The molecule has 1 aromatic carbocycles. The Morgan fingerprint density at radius 3 is 2.84 bits per heavy atom. The Bertz CT molecular complexity index is 728. The highest BCUT2D eigenvalue weighted by Gasteiger charge is 2.18. The Morgan fingerprint density at radius 1 is 1.11 bits per heavy atom. The quantitative estimate of drug-likeness (QED) is 0.646. The van der Waals surface area contributed by atoms with Crippen LogP contribution in [0.4, 0.5) is 5.95 Å². The van der Waals surface area contributed by atoms with E-state index in [4.69, 9.17) is 4.98 Å². The molecule has 3 heterocycles. The van der Waals surface area contributed by atoms with Gasteiger partial charge in [0.1, 0.15) is 6.33 Å². The molecular formula is C13H15N6+. The molecule has 6 heteroatoms. The molecule has 96 valence electrons. The molecule has 19 heavy (non-hydrogen) atoms. The molecule has 2 aromatic heterocycles. The molecule has 0 atom stereocenters. The topological polar surface area (TPSA) is 62.9 Å². The molecule has 0 spiro atoms. The second-order valence-corrected chi connectivity index (χ2v) is 4.81. The fraction of sp³-hybridized carbons (Fsp3) is 0.308. The molecule has 0 aliphatic carbocycles. The van der Waals surface area contributed by atoms with Gasteiger partial charge in [0.15, 0.2) is 5.65 Å². The molecule has 1 aliphatic rings. The van der Waals surface area contributed by atoms with E-state index < -0.39 is 0 Å². The summed E-state index contributed by atoms with van der Waals surface area (Å²) >= 11 is 0. The summed E-state index contributed by atoms with van der Waals surface area (Å²) in [6.07, 6.45) is 1.75. The highest BCUT2D eigenvalue weighted by atomic mass is 15.3. The van der Waals surface area contributed by atoms with Gasteiger partial charge in [-0.1, -0.05) is 12.1 Å². The monoisotopic (exact) mass is 255 g/mol. The molecule has 2 N–H and O–H groups in total. The molecule has 1 fully saturated rings. The maximum atomic E-state index is 4.79. The van der Waals surface area contributed by atoms with Crippen LogP contribution in [0.2, 0.25) is 0 Å². The van der Waals surface area contributed by atoms with Crippen molar-refractivity contribution >= 4 is 22.5 Å². The van der Waals surface area contributed by atoms with Crippen molar-refractivity contribution in [3.63, 3.8) is 0 Å². The van der Waals surface area contributed by atoms with E-state index in [-0.39, 0.29) is 0 Å². The van der Waals surface area contributed by atoms with Crippen molar-refractivity contribution in [2.45, 2.75) is 0 Å². The average molecular weight is 255 g/mol. The number of piperazine rings is 1. The van der Waals surface area contributed by atoms with Crippen molar-refractivity contribution in [1.29, 1.82) is 0 Å². The van der Waals surface area contributed by atoms with Crippen molar-refractivity contribution < 1.29 is 5.32 Å². The molecule has 0 bridgehead atoms. The number of anilines is 1. The van der Waals surface area contributed by atoms with Crippen LogP contribution >= 0.6 is 0 Å². The van der Waals surface area contributed by atoms with Gasteiger partial charge in [0.25, 0.3) is 0 Å². The summed E-state index contributed by atoms with van der Waals surface area (Å²) < 4.78 is 1.99. The van der Waals surface area contributed by atoms with E-state index in [2.05, 4.69) is 20.4 Å². The van der Waals surface area contributed by atoms with Crippen molar-refractivity contribution in [2.24, 2.45) is 0 Å². The van der Waals surface area contributed by atoms with Crippen LogP contribution in [0.25, 0.3) is 16.6 Å². The number of para-hydroxylation sites is 1. The van der Waals surface area contributed by atoms with Crippen LogP contribution in [0.3, 0.4) is 0 Å². The predicted molar refractivity (Wildman–Crippen MR) is 72.2 cm³/mol. The number of rotatable bonds is 1. The Hall–Kier alpha value is -2.21. The van der Waals surface area contributed by atoms with Gasteiger partial charge in [-0.05, 0) is 12.1 Å². The van der Waals surface area contributed by atoms with Crippen molar-refractivity contribution in [1.82, 2.24) is 19.6 Å². The third-order valence-electron chi connectivity index (χ3n) is 3.62. The Morgan fingerprint density at radius 2 is 1.95 bits per heavy atom. The minimum absolute atomic E-state index is 0.884. The first-order valence-electron chi connectivity index (χ1n) is 6.58. The van der Waals surface area contributed by atoms with Gasteiger partial charge >= 0.3 is 0 Å². The summed E-state index contributed by atoms with van der Waals surface area (Å²) in [6, 6.07) is 8.09. The average Bonchev–Trinajstić information content (AvgIpc) is 2.97.